The predicted molar refractivity (Wildman–Crippen MR) is 138 cm³/mol. The number of nitrogens with zero attached hydrogens (tertiary/aromatic N) is 3. The molecule has 1 atom stereocenters. The summed E-state index contributed by atoms with van der Waals surface area (Å²) in [4.78, 5) is 44.8. The van der Waals surface area contributed by atoms with Gasteiger partial charge in [-0.25, -0.2) is 4.98 Å². The Morgan fingerprint density at radius 3 is 2.61 bits per heavy atom. The van der Waals surface area contributed by atoms with E-state index >= 15 is 0 Å². The molecule has 9 heteroatoms. The van der Waals surface area contributed by atoms with Crippen LogP contribution in [0.25, 0.3) is 21.2 Å². The van der Waals surface area contributed by atoms with Crippen molar-refractivity contribution < 1.29 is 14.1 Å². The van der Waals surface area contributed by atoms with Crippen LogP contribution >= 0.6 is 11.3 Å². The Bertz CT molecular complexity index is 1820. The normalized spacial score (nSPS) is 15.1. The molecule has 6 rings (SSSR count). The molecule has 36 heavy (non-hydrogen) atoms. The van der Waals surface area contributed by atoms with Crippen molar-refractivity contribution >= 4 is 49.2 Å². The van der Waals surface area contributed by atoms with Crippen molar-refractivity contribution in [3.8, 4) is 0 Å². The lowest BCUT2D eigenvalue weighted by molar-refractivity contribution is -0.384. The zero-order valence-electron chi connectivity index (χ0n) is 19.6. The average Bonchev–Trinajstić information content (AvgIpc) is 3.39. The average molecular weight is 498 g/mol. The van der Waals surface area contributed by atoms with Gasteiger partial charge >= 0.3 is 0 Å². The van der Waals surface area contributed by atoms with Crippen LogP contribution in [0.3, 0.4) is 0 Å². The molecule has 0 radical (unpaired) electrons. The maximum Gasteiger partial charge on any atom is 0.297 e. The monoisotopic (exact) mass is 497 g/mol. The molecule has 3 aromatic carbocycles. The van der Waals surface area contributed by atoms with E-state index in [-0.39, 0.29) is 22.4 Å². The van der Waals surface area contributed by atoms with Crippen LogP contribution in [0.1, 0.15) is 44.4 Å². The molecule has 1 aliphatic heterocycles. The summed E-state index contributed by atoms with van der Waals surface area (Å²) in [5.41, 5.74) is 4.11. The summed E-state index contributed by atoms with van der Waals surface area (Å²) < 4.78 is 6.91. The van der Waals surface area contributed by atoms with Gasteiger partial charge in [0.1, 0.15) is 5.58 Å². The van der Waals surface area contributed by atoms with Gasteiger partial charge in [-0.1, -0.05) is 41.2 Å². The third-order valence-corrected chi connectivity index (χ3v) is 7.45. The van der Waals surface area contributed by atoms with Crippen LogP contribution in [0.5, 0.6) is 0 Å². The minimum Gasteiger partial charge on any atom is -0.450 e. The number of anilines is 1. The van der Waals surface area contributed by atoms with E-state index < -0.39 is 16.9 Å². The van der Waals surface area contributed by atoms with Gasteiger partial charge in [-0.2, -0.15) is 0 Å². The van der Waals surface area contributed by atoms with E-state index in [1.807, 2.05) is 39.0 Å². The molecule has 1 amide bonds. The van der Waals surface area contributed by atoms with Crippen LogP contribution in [0, 0.1) is 30.9 Å². The molecule has 0 saturated carbocycles. The molecule has 5 aromatic rings. The third-order valence-electron chi connectivity index (χ3n) is 6.45. The standard InChI is InChI=1S/C27H19N3O5S/c1-13-7-8-19-18(10-13)24(31)21-23(16-5-4-6-17(12-16)30(33)34)29(26(32)25(21)35-19)27-28-22-15(3)9-14(2)11-20(22)36-27/h4-12,23H,1-3H3. The molecule has 0 bridgehead atoms. The van der Waals surface area contributed by atoms with E-state index in [0.29, 0.717) is 21.7 Å². The number of non-ortho nitro benzene ring substituents is 1. The molecule has 3 heterocycles. The lowest BCUT2D eigenvalue weighted by Gasteiger charge is -2.22. The molecule has 8 nitrogen and oxygen atoms in total. The molecule has 0 aliphatic carbocycles. The maximum atomic E-state index is 13.8. The third kappa shape index (κ3) is 3.24. The van der Waals surface area contributed by atoms with Crippen molar-refractivity contribution in [2.75, 3.05) is 4.90 Å². The molecule has 0 fully saturated rings. The van der Waals surface area contributed by atoms with E-state index in [2.05, 4.69) is 0 Å². The highest BCUT2D eigenvalue weighted by atomic mass is 32.1. The molecule has 1 unspecified atom stereocenters. The quantitative estimate of drug-likeness (QED) is 0.224. The molecule has 2 aromatic heterocycles. The molecule has 1 aliphatic rings. The largest absolute Gasteiger partial charge is 0.450 e. The van der Waals surface area contributed by atoms with Crippen molar-refractivity contribution in [1.29, 1.82) is 0 Å². The molecule has 178 valence electrons. The van der Waals surface area contributed by atoms with Gasteiger partial charge in [-0.05, 0) is 55.7 Å². The fourth-order valence-electron chi connectivity index (χ4n) is 4.87. The second-order valence-electron chi connectivity index (χ2n) is 9.03. The fourth-order valence-corrected chi connectivity index (χ4v) is 6.04. The van der Waals surface area contributed by atoms with Gasteiger partial charge < -0.3 is 4.42 Å². The number of hydrogen-bond acceptors (Lipinski definition) is 7. The van der Waals surface area contributed by atoms with Gasteiger partial charge in [0.15, 0.2) is 10.6 Å². The van der Waals surface area contributed by atoms with Crippen molar-refractivity contribution in [2.45, 2.75) is 26.8 Å². The number of rotatable bonds is 3. The molecular formula is C27H19N3O5S. The summed E-state index contributed by atoms with van der Waals surface area (Å²) in [5, 5.41) is 12.3. The second-order valence-corrected chi connectivity index (χ2v) is 10.0. The Kier molecular flexibility index (Phi) is 4.81. The Morgan fingerprint density at radius 2 is 1.83 bits per heavy atom. The Balaban J connectivity index is 1.66. The van der Waals surface area contributed by atoms with Crippen LogP contribution in [0.15, 0.2) is 63.8 Å². The number of aryl methyl sites for hydroxylation is 3. The predicted octanol–water partition coefficient (Wildman–Crippen LogP) is 5.99. The Morgan fingerprint density at radius 1 is 1.03 bits per heavy atom. The summed E-state index contributed by atoms with van der Waals surface area (Å²) in [6.45, 7) is 5.81. The topological polar surface area (TPSA) is 107 Å². The van der Waals surface area contributed by atoms with Crippen molar-refractivity contribution in [3.05, 3.63) is 109 Å². The number of thiazole rings is 1. The smallest absolute Gasteiger partial charge is 0.297 e. The minimum atomic E-state index is -0.921. The van der Waals surface area contributed by atoms with Crippen LogP contribution in [0.2, 0.25) is 0 Å². The number of hydrogen-bond donors (Lipinski definition) is 0. The van der Waals surface area contributed by atoms with Gasteiger partial charge in [0.2, 0.25) is 5.76 Å². The highest BCUT2D eigenvalue weighted by Crippen LogP contribution is 2.44. The van der Waals surface area contributed by atoms with Crippen LogP contribution < -0.4 is 10.3 Å². The maximum absolute atomic E-state index is 13.8. The number of aromatic nitrogens is 1. The van der Waals surface area contributed by atoms with Gasteiger partial charge in [0.25, 0.3) is 11.6 Å². The number of fused-ring (bicyclic) bond motifs is 3. The molecule has 0 N–H and O–H groups in total. The van der Waals surface area contributed by atoms with E-state index in [9.17, 15) is 19.7 Å². The van der Waals surface area contributed by atoms with Crippen LogP contribution in [0.4, 0.5) is 10.8 Å². The van der Waals surface area contributed by atoms with Gasteiger partial charge in [-0.15, -0.1) is 0 Å². The summed E-state index contributed by atoms with van der Waals surface area (Å²) in [6, 6.07) is 14.3. The van der Waals surface area contributed by atoms with Crippen molar-refractivity contribution in [1.82, 2.24) is 4.98 Å². The van der Waals surface area contributed by atoms with Crippen LogP contribution in [-0.2, 0) is 0 Å². The van der Waals surface area contributed by atoms with Gasteiger partial charge in [0.05, 0.1) is 32.1 Å². The molecule has 0 spiro atoms. The Labute approximate surface area is 208 Å². The van der Waals surface area contributed by atoms with Gasteiger partial charge in [-0.3, -0.25) is 24.6 Å². The number of carbonyl (C=O) groups excluding carboxylic acids is 1. The lowest BCUT2D eigenvalue weighted by Crippen LogP contribution is -2.29. The second kappa shape index (κ2) is 7.82. The first-order valence-corrected chi connectivity index (χ1v) is 12.1. The first kappa shape index (κ1) is 22.1. The van der Waals surface area contributed by atoms with Crippen molar-refractivity contribution in [2.24, 2.45) is 0 Å². The summed E-state index contributed by atoms with van der Waals surface area (Å²) >= 11 is 1.34. The van der Waals surface area contributed by atoms with Crippen LogP contribution in [-0.4, -0.2) is 15.8 Å². The van der Waals surface area contributed by atoms with E-state index in [0.717, 1.165) is 26.9 Å². The molecular weight excluding hydrogens is 478 g/mol. The van der Waals surface area contributed by atoms with E-state index in [4.69, 9.17) is 9.40 Å². The highest BCUT2D eigenvalue weighted by Gasteiger charge is 2.45. The molecule has 0 saturated heterocycles. The fraction of sp³-hybridized carbons (Fsp3) is 0.148. The first-order chi connectivity index (χ1) is 17.2. The minimum absolute atomic E-state index is 0.0694. The first-order valence-electron chi connectivity index (χ1n) is 11.3. The summed E-state index contributed by atoms with van der Waals surface area (Å²) in [5.74, 6) is -0.575. The summed E-state index contributed by atoms with van der Waals surface area (Å²) in [7, 11) is 0. The number of amides is 1. The zero-order valence-corrected chi connectivity index (χ0v) is 20.4. The van der Waals surface area contributed by atoms with Crippen molar-refractivity contribution in [3.63, 3.8) is 0 Å². The SMILES string of the molecule is Cc1cc(C)c2nc(N3C(=O)c4oc5ccc(C)cc5c(=O)c4C3c3cccc([N+](=O)[O-])c3)sc2c1. The van der Waals surface area contributed by atoms with Gasteiger partial charge in [0, 0.05) is 12.1 Å². The van der Waals surface area contributed by atoms with E-state index in [1.165, 1.54) is 28.4 Å². The number of benzene rings is 3. The number of nitro groups is 1. The Hall–Kier alpha value is -4.37. The highest BCUT2D eigenvalue weighted by molar-refractivity contribution is 7.22. The zero-order chi connectivity index (χ0) is 25.3. The number of carbonyl (C=O) groups is 1. The number of nitro benzene ring substituents is 1. The summed E-state index contributed by atoms with van der Waals surface area (Å²) in [6.07, 6.45) is 0. The lowest BCUT2D eigenvalue weighted by atomic mass is 9.98. The van der Waals surface area contributed by atoms with E-state index in [1.54, 1.807) is 24.3 Å².